The quantitative estimate of drug-likeness (QED) is 0.860. The van der Waals surface area contributed by atoms with E-state index in [1.54, 1.807) is 6.07 Å². The lowest BCUT2D eigenvalue weighted by atomic mass is 10.1. The van der Waals surface area contributed by atoms with Gasteiger partial charge in [0.15, 0.2) is 0 Å². The molecule has 1 atom stereocenters. The second kappa shape index (κ2) is 5.11. The summed E-state index contributed by atoms with van der Waals surface area (Å²) in [6.07, 6.45) is 0. The van der Waals surface area contributed by atoms with Gasteiger partial charge in [0.1, 0.15) is 11.9 Å². The molecule has 80 valence electrons. The lowest BCUT2D eigenvalue weighted by molar-refractivity contribution is 0.518. The molecule has 0 spiro atoms. The number of benzene rings is 1. The van der Waals surface area contributed by atoms with Gasteiger partial charge in [-0.25, -0.2) is 4.39 Å². The molecule has 0 aromatic heterocycles. The molecule has 1 aromatic carbocycles. The molecule has 15 heavy (non-hydrogen) atoms. The molecule has 0 saturated heterocycles. The van der Waals surface area contributed by atoms with Gasteiger partial charge >= 0.3 is 0 Å². The van der Waals surface area contributed by atoms with Gasteiger partial charge in [0.2, 0.25) is 0 Å². The van der Waals surface area contributed by atoms with Crippen molar-refractivity contribution in [1.82, 2.24) is 5.32 Å². The maximum Gasteiger partial charge on any atom is 0.130 e. The Balaban J connectivity index is 2.98. The lowest BCUT2D eigenvalue weighted by Crippen LogP contribution is -2.27. The van der Waals surface area contributed by atoms with E-state index >= 15 is 0 Å². The first-order valence-electron chi connectivity index (χ1n) is 4.65. The Hall–Kier alpha value is -1.11. The highest BCUT2D eigenvalue weighted by molar-refractivity contribution is 6.30. The predicted molar refractivity (Wildman–Crippen MR) is 58.0 cm³/mol. The largest absolute Gasteiger partial charge is 0.296 e. The molecule has 1 unspecified atom stereocenters. The van der Waals surface area contributed by atoms with E-state index < -0.39 is 11.9 Å². The summed E-state index contributed by atoms with van der Waals surface area (Å²) in [5.41, 5.74) is 0.329. The fourth-order valence-electron chi connectivity index (χ4n) is 1.27. The van der Waals surface area contributed by atoms with Gasteiger partial charge in [0, 0.05) is 16.6 Å². The molecule has 0 heterocycles. The number of hydrogen-bond donors (Lipinski definition) is 1. The van der Waals surface area contributed by atoms with E-state index in [0.29, 0.717) is 10.6 Å². The van der Waals surface area contributed by atoms with Crippen LogP contribution in [0.3, 0.4) is 0 Å². The summed E-state index contributed by atoms with van der Waals surface area (Å²) >= 11 is 5.63. The van der Waals surface area contributed by atoms with E-state index in [9.17, 15) is 4.39 Å². The molecule has 0 bridgehead atoms. The molecular formula is C11H12ClFN2. The predicted octanol–water partition coefficient (Wildman–Crippen LogP) is 3.04. The summed E-state index contributed by atoms with van der Waals surface area (Å²) in [4.78, 5) is 0. The van der Waals surface area contributed by atoms with Crippen molar-refractivity contribution in [2.75, 3.05) is 0 Å². The minimum Gasteiger partial charge on any atom is -0.296 e. The highest BCUT2D eigenvalue weighted by atomic mass is 35.5. The van der Waals surface area contributed by atoms with Crippen molar-refractivity contribution in [3.05, 3.63) is 34.6 Å². The van der Waals surface area contributed by atoms with Crippen LogP contribution >= 0.6 is 11.6 Å². The number of hydrogen-bond acceptors (Lipinski definition) is 2. The first-order chi connectivity index (χ1) is 7.04. The van der Waals surface area contributed by atoms with Crippen molar-refractivity contribution in [2.24, 2.45) is 0 Å². The van der Waals surface area contributed by atoms with Crippen LogP contribution in [0.25, 0.3) is 0 Å². The van der Waals surface area contributed by atoms with Crippen LogP contribution in [0.15, 0.2) is 18.2 Å². The number of rotatable bonds is 3. The summed E-state index contributed by atoms with van der Waals surface area (Å²) in [6.45, 7) is 3.80. The zero-order valence-corrected chi connectivity index (χ0v) is 9.35. The highest BCUT2D eigenvalue weighted by Gasteiger charge is 2.15. The fourth-order valence-corrected chi connectivity index (χ4v) is 1.42. The summed E-state index contributed by atoms with van der Waals surface area (Å²) in [6, 6.07) is 5.81. The van der Waals surface area contributed by atoms with E-state index in [2.05, 4.69) is 5.32 Å². The Morgan fingerprint density at radius 2 is 2.13 bits per heavy atom. The van der Waals surface area contributed by atoms with Crippen LogP contribution in [0.1, 0.15) is 25.5 Å². The van der Waals surface area contributed by atoms with Crippen LogP contribution in [-0.4, -0.2) is 6.04 Å². The van der Waals surface area contributed by atoms with Crippen molar-refractivity contribution >= 4 is 11.6 Å². The van der Waals surface area contributed by atoms with Crippen molar-refractivity contribution < 1.29 is 4.39 Å². The second-order valence-corrected chi connectivity index (χ2v) is 3.99. The van der Waals surface area contributed by atoms with Gasteiger partial charge in [-0.05, 0) is 26.0 Å². The Kier molecular flexibility index (Phi) is 4.07. The monoisotopic (exact) mass is 226 g/mol. The zero-order chi connectivity index (χ0) is 11.4. The maximum absolute atomic E-state index is 13.5. The average molecular weight is 227 g/mol. The highest BCUT2D eigenvalue weighted by Crippen LogP contribution is 2.20. The van der Waals surface area contributed by atoms with Gasteiger partial charge in [0.05, 0.1) is 6.07 Å². The third-order valence-electron chi connectivity index (χ3n) is 1.90. The molecule has 4 heteroatoms. The van der Waals surface area contributed by atoms with E-state index in [1.165, 1.54) is 12.1 Å². The van der Waals surface area contributed by atoms with Gasteiger partial charge in [0.25, 0.3) is 0 Å². The van der Waals surface area contributed by atoms with E-state index in [4.69, 9.17) is 16.9 Å². The van der Waals surface area contributed by atoms with Gasteiger partial charge in [-0.2, -0.15) is 5.26 Å². The number of nitrogens with zero attached hydrogens (tertiary/aromatic N) is 1. The molecule has 0 amide bonds. The Labute approximate surface area is 93.7 Å². The fraction of sp³-hybridized carbons (Fsp3) is 0.364. The van der Waals surface area contributed by atoms with Crippen LogP contribution in [0, 0.1) is 17.1 Å². The van der Waals surface area contributed by atoms with Crippen LogP contribution in [0.2, 0.25) is 5.02 Å². The van der Waals surface area contributed by atoms with Crippen molar-refractivity contribution in [3.63, 3.8) is 0 Å². The first kappa shape index (κ1) is 12.0. The van der Waals surface area contributed by atoms with Crippen molar-refractivity contribution in [2.45, 2.75) is 25.9 Å². The Bertz CT molecular complexity index is 385. The van der Waals surface area contributed by atoms with Crippen LogP contribution in [0.4, 0.5) is 4.39 Å². The van der Waals surface area contributed by atoms with Crippen LogP contribution < -0.4 is 5.32 Å². The van der Waals surface area contributed by atoms with Crippen LogP contribution in [-0.2, 0) is 0 Å². The lowest BCUT2D eigenvalue weighted by Gasteiger charge is -2.15. The van der Waals surface area contributed by atoms with Gasteiger partial charge in [-0.15, -0.1) is 0 Å². The van der Waals surface area contributed by atoms with Gasteiger partial charge in [-0.3, -0.25) is 5.32 Å². The Morgan fingerprint density at radius 3 is 2.60 bits per heavy atom. The SMILES string of the molecule is CC(C)NC(C#N)c1ccc(Cl)cc1F. The van der Waals surface area contributed by atoms with Crippen molar-refractivity contribution in [1.29, 1.82) is 5.26 Å². The molecule has 0 aliphatic heterocycles. The van der Waals surface area contributed by atoms with Gasteiger partial charge < -0.3 is 0 Å². The van der Waals surface area contributed by atoms with E-state index in [-0.39, 0.29) is 6.04 Å². The summed E-state index contributed by atoms with van der Waals surface area (Å²) in [7, 11) is 0. The molecule has 0 aliphatic carbocycles. The summed E-state index contributed by atoms with van der Waals surface area (Å²) < 4.78 is 13.5. The molecule has 1 aromatic rings. The average Bonchev–Trinajstić information content (AvgIpc) is 2.14. The smallest absolute Gasteiger partial charge is 0.130 e. The van der Waals surface area contributed by atoms with Crippen LogP contribution in [0.5, 0.6) is 0 Å². The Morgan fingerprint density at radius 1 is 1.47 bits per heavy atom. The molecule has 0 fully saturated rings. The van der Waals surface area contributed by atoms with Crippen molar-refractivity contribution in [3.8, 4) is 6.07 Å². The maximum atomic E-state index is 13.5. The van der Waals surface area contributed by atoms with Gasteiger partial charge in [-0.1, -0.05) is 17.7 Å². The molecule has 0 aliphatic rings. The number of nitriles is 1. The minimum atomic E-state index is -0.637. The zero-order valence-electron chi connectivity index (χ0n) is 8.59. The standard InChI is InChI=1S/C11H12ClFN2/c1-7(2)15-11(6-14)9-4-3-8(12)5-10(9)13/h3-5,7,11,15H,1-2H3. The third kappa shape index (κ3) is 3.19. The number of halogens is 2. The minimum absolute atomic E-state index is 0.115. The molecule has 1 N–H and O–H groups in total. The van der Waals surface area contributed by atoms with E-state index in [0.717, 1.165) is 0 Å². The number of nitrogens with one attached hydrogen (secondary N) is 1. The molecule has 0 radical (unpaired) electrons. The molecular weight excluding hydrogens is 215 g/mol. The topological polar surface area (TPSA) is 35.8 Å². The summed E-state index contributed by atoms with van der Waals surface area (Å²) in [5, 5.41) is 12.2. The molecule has 0 saturated carbocycles. The second-order valence-electron chi connectivity index (χ2n) is 3.55. The first-order valence-corrected chi connectivity index (χ1v) is 5.03. The van der Waals surface area contributed by atoms with E-state index in [1.807, 2.05) is 19.9 Å². The third-order valence-corrected chi connectivity index (χ3v) is 2.14. The summed E-state index contributed by atoms with van der Waals surface area (Å²) in [5.74, 6) is -0.456. The normalized spacial score (nSPS) is 12.5. The molecule has 1 rings (SSSR count). The molecule has 2 nitrogen and oxygen atoms in total.